The average molecular weight is 372 g/mol. The highest BCUT2D eigenvalue weighted by atomic mass is 35.5. The van der Waals surface area contributed by atoms with Crippen molar-refractivity contribution in [2.24, 2.45) is 0 Å². The lowest BCUT2D eigenvalue weighted by molar-refractivity contribution is -0.128. The van der Waals surface area contributed by atoms with Crippen molar-refractivity contribution in [3.63, 3.8) is 0 Å². The number of hydrogen-bond donors (Lipinski definition) is 0. The van der Waals surface area contributed by atoms with Crippen LogP contribution in [0.25, 0.3) is 11.4 Å². The molecule has 1 amide bonds. The van der Waals surface area contributed by atoms with Crippen LogP contribution in [0.4, 0.5) is 4.39 Å². The predicted molar refractivity (Wildman–Crippen MR) is 93.9 cm³/mol. The second-order valence-electron chi connectivity index (χ2n) is 6.27. The quantitative estimate of drug-likeness (QED) is 0.694. The summed E-state index contributed by atoms with van der Waals surface area (Å²) in [7, 11) is 0. The first kappa shape index (κ1) is 16.7. The summed E-state index contributed by atoms with van der Waals surface area (Å²) < 4.78 is 18.7. The summed E-state index contributed by atoms with van der Waals surface area (Å²) in [5.41, 5.74) is 1.55. The third-order valence-corrected chi connectivity index (χ3v) is 4.63. The van der Waals surface area contributed by atoms with Crippen LogP contribution >= 0.6 is 11.6 Å². The summed E-state index contributed by atoms with van der Waals surface area (Å²) in [5, 5.41) is 4.58. The van der Waals surface area contributed by atoms with Crippen molar-refractivity contribution in [1.82, 2.24) is 15.0 Å². The molecule has 1 aromatic heterocycles. The topological polar surface area (TPSA) is 59.2 Å². The van der Waals surface area contributed by atoms with E-state index in [0.29, 0.717) is 41.8 Å². The molecule has 0 spiro atoms. The number of amides is 1. The molecule has 4 rings (SSSR count). The van der Waals surface area contributed by atoms with E-state index in [2.05, 4.69) is 10.1 Å². The number of benzene rings is 2. The second kappa shape index (κ2) is 6.88. The van der Waals surface area contributed by atoms with Gasteiger partial charge in [-0.3, -0.25) is 4.79 Å². The van der Waals surface area contributed by atoms with Gasteiger partial charge in [0.2, 0.25) is 17.6 Å². The van der Waals surface area contributed by atoms with Crippen molar-refractivity contribution in [2.45, 2.75) is 18.9 Å². The molecule has 3 aromatic rings. The zero-order valence-corrected chi connectivity index (χ0v) is 14.5. The first-order chi connectivity index (χ1) is 12.6. The zero-order chi connectivity index (χ0) is 18.1. The fourth-order valence-corrected chi connectivity index (χ4v) is 3.17. The lowest BCUT2D eigenvalue weighted by atomic mass is 10.1. The van der Waals surface area contributed by atoms with Gasteiger partial charge in [-0.1, -0.05) is 41.0 Å². The summed E-state index contributed by atoms with van der Waals surface area (Å²) in [4.78, 5) is 18.4. The van der Waals surface area contributed by atoms with Crippen LogP contribution < -0.4 is 0 Å². The molecule has 2 heterocycles. The zero-order valence-electron chi connectivity index (χ0n) is 13.7. The van der Waals surface area contributed by atoms with Crippen LogP contribution in [0.15, 0.2) is 53.1 Å². The molecule has 0 aliphatic carbocycles. The lowest BCUT2D eigenvalue weighted by Gasteiger charge is -2.16. The number of rotatable bonds is 4. The van der Waals surface area contributed by atoms with Gasteiger partial charge in [0.05, 0.1) is 5.92 Å². The molecule has 132 valence electrons. The summed E-state index contributed by atoms with van der Waals surface area (Å²) >= 11 is 5.89. The molecule has 1 aliphatic heterocycles. The second-order valence-corrected chi connectivity index (χ2v) is 6.70. The number of hydrogen-bond acceptors (Lipinski definition) is 4. The standard InChI is InChI=1S/C19H15ClFN3O2/c20-15-6-4-12(5-7-15)10-24-11-14(9-17(24)25)19-22-18(23-26-19)13-2-1-3-16(21)8-13/h1-8,14H,9-11H2. The molecule has 5 nitrogen and oxygen atoms in total. The summed E-state index contributed by atoms with van der Waals surface area (Å²) in [6.07, 6.45) is 0.318. The van der Waals surface area contributed by atoms with E-state index in [1.807, 2.05) is 12.1 Å². The third-order valence-electron chi connectivity index (χ3n) is 4.37. The van der Waals surface area contributed by atoms with Gasteiger partial charge in [-0.05, 0) is 29.8 Å². The van der Waals surface area contributed by atoms with Gasteiger partial charge in [0, 0.05) is 30.1 Å². The Labute approximate surface area is 154 Å². The Kier molecular flexibility index (Phi) is 4.42. The maximum Gasteiger partial charge on any atom is 0.232 e. The van der Waals surface area contributed by atoms with Crippen LogP contribution in [-0.4, -0.2) is 27.5 Å². The Hall–Kier alpha value is -2.73. The summed E-state index contributed by atoms with van der Waals surface area (Å²) in [6.45, 7) is 1.02. The highest BCUT2D eigenvalue weighted by molar-refractivity contribution is 6.30. The van der Waals surface area contributed by atoms with Crippen molar-refractivity contribution in [2.75, 3.05) is 6.54 Å². The molecule has 0 saturated carbocycles. The molecule has 1 fully saturated rings. The van der Waals surface area contributed by atoms with Crippen LogP contribution in [0.5, 0.6) is 0 Å². The van der Waals surface area contributed by atoms with E-state index < -0.39 is 0 Å². The van der Waals surface area contributed by atoms with Gasteiger partial charge in [-0.2, -0.15) is 4.98 Å². The maximum absolute atomic E-state index is 13.3. The van der Waals surface area contributed by atoms with Gasteiger partial charge in [-0.25, -0.2) is 4.39 Å². The molecule has 1 saturated heterocycles. The number of carbonyl (C=O) groups is 1. The van der Waals surface area contributed by atoms with Crippen LogP contribution in [0.2, 0.25) is 5.02 Å². The fourth-order valence-electron chi connectivity index (χ4n) is 3.05. The van der Waals surface area contributed by atoms with Gasteiger partial charge in [0.1, 0.15) is 5.82 Å². The average Bonchev–Trinajstić information content (AvgIpc) is 3.24. The highest BCUT2D eigenvalue weighted by Gasteiger charge is 2.34. The predicted octanol–water partition coefficient (Wildman–Crippen LogP) is 4.05. The molecule has 1 aliphatic rings. The van der Waals surface area contributed by atoms with Crippen molar-refractivity contribution in [3.8, 4) is 11.4 Å². The minimum absolute atomic E-state index is 0.0375. The van der Waals surface area contributed by atoms with Crippen LogP contribution in [0, 0.1) is 5.82 Å². The highest BCUT2D eigenvalue weighted by Crippen LogP contribution is 2.29. The van der Waals surface area contributed by atoms with Gasteiger partial charge >= 0.3 is 0 Å². The molecular weight excluding hydrogens is 357 g/mol. The first-order valence-corrected chi connectivity index (χ1v) is 8.58. The Bertz CT molecular complexity index is 942. The van der Waals surface area contributed by atoms with Crippen LogP contribution in [-0.2, 0) is 11.3 Å². The van der Waals surface area contributed by atoms with E-state index >= 15 is 0 Å². The van der Waals surface area contributed by atoms with E-state index in [1.165, 1.54) is 12.1 Å². The molecule has 7 heteroatoms. The molecule has 0 radical (unpaired) electrons. The van der Waals surface area contributed by atoms with Gasteiger partial charge in [0.25, 0.3) is 0 Å². The van der Waals surface area contributed by atoms with Crippen molar-refractivity contribution in [3.05, 3.63) is 70.8 Å². The van der Waals surface area contributed by atoms with Crippen LogP contribution in [0.3, 0.4) is 0 Å². The minimum atomic E-state index is -0.362. The molecule has 0 N–H and O–H groups in total. The molecule has 1 unspecified atom stereocenters. The largest absolute Gasteiger partial charge is 0.339 e. The van der Waals surface area contributed by atoms with Crippen molar-refractivity contribution >= 4 is 17.5 Å². The monoisotopic (exact) mass is 371 g/mol. The maximum atomic E-state index is 13.3. The summed E-state index contributed by atoms with van der Waals surface area (Å²) in [6, 6.07) is 13.4. The molecule has 2 aromatic carbocycles. The Morgan fingerprint density at radius 1 is 1.23 bits per heavy atom. The fraction of sp³-hybridized carbons (Fsp3) is 0.211. The number of aromatic nitrogens is 2. The van der Waals surface area contributed by atoms with E-state index in [0.717, 1.165) is 5.56 Å². The van der Waals surface area contributed by atoms with Gasteiger partial charge in [-0.15, -0.1) is 0 Å². The lowest BCUT2D eigenvalue weighted by Crippen LogP contribution is -2.24. The SMILES string of the molecule is O=C1CC(c2nc(-c3cccc(F)c3)no2)CN1Cc1ccc(Cl)cc1. The summed E-state index contributed by atoms with van der Waals surface area (Å²) in [5.74, 6) is 0.235. The first-order valence-electron chi connectivity index (χ1n) is 8.20. The van der Waals surface area contributed by atoms with E-state index in [1.54, 1.807) is 29.2 Å². The van der Waals surface area contributed by atoms with E-state index in [9.17, 15) is 9.18 Å². The minimum Gasteiger partial charge on any atom is -0.339 e. The smallest absolute Gasteiger partial charge is 0.232 e. The van der Waals surface area contributed by atoms with Crippen molar-refractivity contribution in [1.29, 1.82) is 0 Å². The number of halogens is 2. The van der Waals surface area contributed by atoms with E-state index in [4.69, 9.17) is 16.1 Å². The molecule has 0 bridgehead atoms. The number of nitrogens with zero attached hydrogens (tertiary/aromatic N) is 3. The Morgan fingerprint density at radius 2 is 2.04 bits per heavy atom. The third kappa shape index (κ3) is 3.46. The van der Waals surface area contributed by atoms with Crippen molar-refractivity contribution < 1.29 is 13.7 Å². The number of carbonyl (C=O) groups excluding carboxylic acids is 1. The molecule has 1 atom stereocenters. The molecular formula is C19H15ClFN3O2. The van der Waals surface area contributed by atoms with E-state index in [-0.39, 0.29) is 17.6 Å². The van der Waals surface area contributed by atoms with Gasteiger partial charge in [0.15, 0.2) is 0 Å². The Morgan fingerprint density at radius 3 is 2.81 bits per heavy atom. The Balaban J connectivity index is 1.48. The molecule has 26 heavy (non-hydrogen) atoms. The van der Waals surface area contributed by atoms with Gasteiger partial charge < -0.3 is 9.42 Å². The number of likely N-dealkylation sites (tertiary alicyclic amines) is 1. The normalized spacial score (nSPS) is 17.1. The van der Waals surface area contributed by atoms with Crippen LogP contribution in [0.1, 0.15) is 23.8 Å².